The average molecular weight is 336 g/mol. The van der Waals surface area contributed by atoms with Gasteiger partial charge in [0.15, 0.2) is 5.69 Å². The minimum absolute atomic E-state index is 0.274. The fourth-order valence-electron chi connectivity index (χ4n) is 2.99. The second kappa shape index (κ2) is 8.09. The Morgan fingerprint density at radius 2 is 2.33 bits per heavy atom. The monoisotopic (exact) mass is 336 g/mol. The van der Waals surface area contributed by atoms with Crippen LogP contribution in [0.25, 0.3) is 0 Å². The van der Waals surface area contributed by atoms with Crippen molar-refractivity contribution >= 4 is 12.0 Å². The molecule has 3 heterocycles. The molecule has 0 spiro atoms. The molecule has 2 aliphatic rings. The van der Waals surface area contributed by atoms with Crippen LogP contribution in [0.4, 0.5) is 4.79 Å². The van der Waals surface area contributed by atoms with E-state index in [2.05, 4.69) is 20.9 Å². The molecule has 1 aromatic rings. The number of aromatic nitrogens is 3. The maximum atomic E-state index is 12.0. The van der Waals surface area contributed by atoms with E-state index >= 15 is 0 Å². The van der Waals surface area contributed by atoms with Crippen molar-refractivity contribution in [2.24, 2.45) is 0 Å². The quantitative estimate of drug-likeness (QED) is 0.726. The molecule has 1 aromatic heterocycles. The lowest BCUT2D eigenvalue weighted by Gasteiger charge is -2.23. The highest BCUT2D eigenvalue weighted by atomic mass is 16.6. The van der Waals surface area contributed by atoms with Gasteiger partial charge in [0.1, 0.15) is 6.61 Å². The summed E-state index contributed by atoms with van der Waals surface area (Å²) in [6.45, 7) is 3.62. The zero-order valence-electron chi connectivity index (χ0n) is 13.7. The summed E-state index contributed by atoms with van der Waals surface area (Å²) in [5.41, 5.74) is 0.301. The number of ether oxygens (including phenoxy) is 1. The molecule has 2 N–H and O–H groups in total. The van der Waals surface area contributed by atoms with Crippen LogP contribution in [0.5, 0.6) is 0 Å². The van der Waals surface area contributed by atoms with E-state index in [9.17, 15) is 9.59 Å². The second-order valence-electron chi connectivity index (χ2n) is 6.16. The third kappa shape index (κ3) is 4.44. The molecule has 0 aliphatic carbocycles. The van der Waals surface area contributed by atoms with E-state index in [1.807, 2.05) is 0 Å². The van der Waals surface area contributed by atoms with Crippen LogP contribution in [0.15, 0.2) is 6.20 Å². The molecular formula is C15H24N6O3. The van der Waals surface area contributed by atoms with E-state index in [0.29, 0.717) is 38.0 Å². The number of cyclic esters (lactones) is 1. The lowest BCUT2D eigenvalue weighted by atomic mass is 10.0. The lowest BCUT2D eigenvalue weighted by molar-refractivity contribution is 0.0943. The third-order valence-corrected chi connectivity index (χ3v) is 4.40. The Kier molecular flexibility index (Phi) is 5.63. The molecule has 9 nitrogen and oxygen atoms in total. The SMILES string of the molecule is O=C(NCCN1CCOC1=O)c1cn(CCC2CCCCN2)nn1. The molecule has 2 aliphatic heterocycles. The van der Waals surface area contributed by atoms with Crippen LogP contribution in [0.1, 0.15) is 36.2 Å². The predicted molar refractivity (Wildman–Crippen MR) is 85.5 cm³/mol. The third-order valence-electron chi connectivity index (χ3n) is 4.40. The summed E-state index contributed by atoms with van der Waals surface area (Å²) >= 11 is 0. The van der Waals surface area contributed by atoms with Crippen molar-refractivity contribution in [3.8, 4) is 0 Å². The Bertz CT molecular complexity index is 569. The Balaban J connectivity index is 1.39. The molecule has 0 bridgehead atoms. The maximum absolute atomic E-state index is 12.0. The number of piperidine rings is 1. The van der Waals surface area contributed by atoms with Gasteiger partial charge < -0.3 is 20.3 Å². The molecule has 2 fully saturated rings. The van der Waals surface area contributed by atoms with Gasteiger partial charge in [-0.2, -0.15) is 0 Å². The number of carbonyl (C=O) groups excluding carboxylic acids is 2. The highest BCUT2D eigenvalue weighted by Crippen LogP contribution is 2.10. The zero-order chi connectivity index (χ0) is 16.8. The smallest absolute Gasteiger partial charge is 0.409 e. The Hall–Kier alpha value is -2.16. The summed E-state index contributed by atoms with van der Waals surface area (Å²) < 4.78 is 6.54. The molecule has 132 valence electrons. The van der Waals surface area contributed by atoms with Gasteiger partial charge in [0, 0.05) is 25.7 Å². The number of nitrogens with one attached hydrogen (secondary N) is 2. The molecule has 1 atom stereocenters. The van der Waals surface area contributed by atoms with Gasteiger partial charge in [0.2, 0.25) is 0 Å². The first-order valence-corrected chi connectivity index (χ1v) is 8.56. The lowest BCUT2D eigenvalue weighted by Crippen LogP contribution is -2.35. The van der Waals surface area contributed by atoms with Crippen molar-refractivity contribution in [2.45, 2.75) is 38.3 Å². The molecule has 24 heavy (non-hydrogen) atoms. The van der Waals surface area contributed by atoms with Gasteiger partial charge in [-0.3, -0.25) is 9.48 Å². The number of hydrogen-bond donors (Lipinski definition) is 2. The molecule has 0 aromatic carbocycles. The molecule has 3 rings (SSSR count). The van der Waals surface area contributed by atoms with Crippen LogP contribution in [0.2, 0.25) is 0 Å². The largest absolute Gasteiger partial charge is 0.448 e. The highest BCUT2D eigenvalue weighted by Gasteiger charge is 2.21. The normalized spacial score (nSPS) is 20.9. The number of rotatable bonds is 7. The summed E-state index contributed by atoms with van der Waals surface area (Å²) in [6, 6.07) is 0.528. The van der Waals surface area contributed by atoms with E-state index in [0.717, 1.165) is 19.5 Å². The van der Waals surface area contributed by atoms with Crippen molar-refractivity contribution in [3.05, 3.63) is 11.9 Å². The summed E-state index contributed by atoms with van der Waals surface area (Å²) in [5, 5.41) is 14.2. The molecule has 0 saturated carbocycles. The summed E-state index contributed by atoms with van der Waals surface area (Å²) in [4.78, 5) is 24.9. The van der Waals surface area contributed by atoms with Crippen molar-refractivity contribution in [1.82, 2.24) is 30.5 Å². The van der Waals surface area contributed by atoms with Crippen LogP contribution in [-0.4, -0.2) is 70.7 Å². The molecule has 1 unspecified atom stereocenters. The number of hydrogen-bond acceptors (Lipinski definition) is 6. The molecular weight excluding hydrogens is 312 g/mol. The van der Waals surface area contributed by atoms with E-state index in [-0.39, 0.29) is 12.0 Å². The number of carbonyl (C=O) groups is 2. The first kappa shape index (κ1) is 16.7. The van der Waals surface area contributed by atoms with Gasteiger partial charge in [0.05, 0.1) is 12.7 Å². The topological polar surface area (TPSA) is 101 Å². The van der Waals surface area contributed by atoms with Gasteiger partial charge in [0.25, 0.3) is 5.91 Å². The standard InChI is InChI=1S/C15H24N6O3/c22-14(17-6-8-20-9-10-24-15(20)23)13-11-21(19-18-13)7-4-12-3-1-2-5-16-12/h11-12,16H,1-10H2,(H,17,22). The minimum Gasteiger partial charge on any atom is -0.448 e. The first-order valence-electron chi connectivity index (χ1n) is 8.56. The van der Waals surface area contributed by atoms with Crippen LogP contribution >= 0.6 is 0 Å². The molecule has 9 heteroatoms. The number of nitrogens with zero attached hydrogens (tertiary/aromatic N) is 4. The number of aryl methyl sites for hydroxylation is 1. The Morgan fingerprint density at radius 3 is 3.08 bits per heavy atom. The maximum Gasteiger partial charge on any atom is 0.409 e. The average Bonchev–Trinajstić information content (AvgIpc) is 3.23. The zero-order valence-corrected chi connectivity index (χ0v) is 13.7. The first-order chi connectivity index (χ1) is 11.7. The summed E-state index contributed by atoms with van der Waals surface area (Å²) in [7, 11) is 0. The fourth-order valence-corrected chi connectivity index (χ4v) is 2.99. The van der Waals surface area contributed by atoms with Gasteiger partial charge in [-0.05, 0) is 25.8 Å². The Labute approximate surface area is 140 Å². The Morgan fingerprint density at radius 1 is 1.42 bits per heavy atom. The van der Waals surface area contributed by atoms with Crippen LogP contribution in [0.3, 0.4) is 0 Å². The van der Waals surface area contributed by atoms with E-state index in [4.69, 9.17) is 4.74 Å². The highest BCUT2D eigenvalue weighted by molar-refractivity contribution is 5.91. The van der Waals surface area contributed by atoms with Crippen molar-refractivity contribution in [2.75, 3.05) is 32.8 Å². The van der Waals surface area contributed by atoms with Gasteiger partial charge in [-0.15, -0.1) is 5.10 Å². The van der Waals surface area contributed by atoms with E-state index in [1.165, 1.54) is 19.3 Å². The second-order valence-corrected chi connectivity index (χ2v) is 6.16. The van der Waals surface area contributed by atoms with Crippen molar-refractivity contribution < 1.29 is 14.3 Å². The van der Waals surface area contributed by atoms with Gasteiger partial charge in [-0.25, -0.2) is 4.79 Å². The molecule has 2 amide bonds. The predicted octanol–water partition coefficient (Wildman–Crippen LogP) is -0.00770. The van der Waals surface area contributed by atoms with Crippen LogP contribution < -0.4 is 10.6 Å². The van der Waals surface area contributed by atoms with Crippen LogP contribution in [0, 0.1) is 0 Å². The summed E-state index contributed by atoms with van der Waals surface area (Å²) in [6.07, 6.45) is 6.05. The van der Waals surface area contributed by atoms with Crippen molar-refractivity contribution in [3.63, 3.8) is 0 Å². The van der Waals surface area contributed by atoms with Crippen molar-refractivity contribution in [1.29, 1.82) is 0 Å². The van der Waals surface area contributed by atoms with Crippen LogP contribution in [-0.2, 0) is 11.3 Å². The fraction of sp³-hybridized carbons (Fsp3) is 0.733. The van der Waals surface area contributed by atoms with E-state index in [1.54, 1.807) is 15.8 Å². The van der Waals surface area contributed by atoms with E-state index < -0.39 is 0 Å². The minimum atomic E-state index is -0.327. The summed E-state index contributed by atoms with van der Waals surface area (Å²) in [5.74, 6) is -0.274. The van der Waals surface area contributed by atoms with Gasteiger partial charge >= 0.3 is 6.09 Å². The van der Waals surface area contributed by atoms with Gasteiger partial charge in [-0.1, -0.05) is 11.6 Å². The number of amides is 2. The molecule has 2 saturated heterocycles. The molecule has 0 radical (unpaired) electrons.